The molecule has 3 aromatic rings. The van der Waals surface area contributed by atoms with Gasteiger partial charge in [0, 0.05) is 12.7 Å². The van der Waals surface area contributed by atoms with E-state index in [2.05, 4.69) is 16.5 Å². The lowest BCUT2D eigenvalue weighted by atomic mass is 10.1. The molecule has 4 heteroatoms. The third kappa shape index (κ3) is 2.52. The molecule has 1 aromatic heterocycles. The minimum atomic E-state index is -0.116. The fourth-order valence-corrected chi connectivity index (χ4v) is 2.54. The summed E-state index contributed by atoms with van der Waals surface area (Å²) in [6, 6.07) is 14.0. The second-order valence-corrected chi connectivity index (χ2v) is 5.00. The summed E-state index contributed by atoms with van der Waals surface area (Å²) in [5.41, 5.74) is 2.37. The van der Waals surface area contributed by atoms with Crippen LogP contribution < -0.4 is 5.32 Å². The molecule has 0 aliphatic rings. The zero-order valence-electron chi connectivity index (χ0n) is 12.1. The van der Waals surface area contributed by atoms with E-state index in [1.807, 2.05) is 50.4 Å². The highest BCUT2D eigenvalue weighted by atomic mass is 16.1. The van der Waals surface area contributed by atoms with Gasteiger partial charge in [-0.1, -0.05) is 37.3 Å². The topological polar surface area (TPSA) is 46.9 Å². The molecule has 0 bridgehead atoms. The van der Waals surface area contributed by atoms with E-state index in [0.29, 0.717) is 5.56 Å². The number of fused-ring (bicyclic) bond motifs is 1. The highest BCUT2D eigenvalue weighted by molar-refractivity contribution is 6.05. The number of carbonyl (C=O) groups is 1. The van der Waals surface area contributed by atoms with Crippen LogP contribution in [-0.2, 0) is 13.5 Å². The summed E-state index contributed by atoms with van der Waals surface area (Å²) in [6.07, 6.45) is 2.40. The second kappa shape index (κ2) is 5.40. The van der Waals surface area contributed by atoms with Crippen molar-refractivity contribution in [3.8, 4) is 0 Å². The van der Waals surface area contributed by atoms with Crippen LogP contribution in [0.25, 0.3) is 10.8 Å². The molecule has 1 N–H and O–H groups in total. The van der Waals surface area contributed by atoms with Crippen molar-refractivity contribution in [3.05, 3.63) is 59.9 Å². The minimum Gasteiger partial charge on any atom is -0.322 e. The summed E-state index contributed by atoms with van der Waals surface area (Å²) in [5.74, 6) is -0.116. The van der Waals surface area contributed by atoms with Gasteiger partial charge in [-0.3, -0.25) is 9.48 Å². The number of aromatic nitrogens is 2. The Morgan fingerprint density at radius 1 is 1.19 bits per heavy atom. The number of rotatable bonds is 3. The molecular weight excluding hydrogens is 262 g/mol. The number of nitrogens with one attached hydrogen (secondary N) is 1. The van der Waals surface area contributed by atoms with Crippen LogP contribution in [0.3, 0.4) is 0 Å². The summed E-state index contributed by atoms with van der Waals surface area (Å²) >= 11 is 0. The Bertz CT molecular complexity index is 805. The van der Waals surface area contributed by atoms with Crippen LogP contribution in [0.1, 0.15) is 23.0 Å². The van der Waals surface area contributed by atoms with Gasteiger partial charge in [0.05, 0.1) is 17.5 Å². The number of hydrogen-bond acceptors (Lipinski definition) is 2. The van der Waals surface area contributed by atoms with E-state index in [4.69, 9.17) is 0 Å². The van der Waals surface area contributed by atoms with Gasteiger partial charge in [-0.2, -0.15) is 5.10 Å². The lowest BCUT2D eigenvalue weighted by Crippen LogP contribution is -2.14. The van der Waals surface area contributed by atoms with Gasteiger partial charge in [-0.25, -0.2) is 0 Å². The van der Waals surface area contributed by atoms with Gasteiger partial charge in [-0.15, -0.1) is 0 Å². The van der Waals surface area contributed by atoms with Crippen molar-refractivity contribution >= 4 is 22.4 Å². The zero-order valence-corrected chi connectivity index (χ0v) is 12.1. The van der Waals surface area contributed by atoms with Crippen molar-refractivity contribution in [3.63, 3.8) is 0 Å². The minimum absolute atomic E-state index is 0.116. The van der Waals surface area contributed by atoms with Gasteiger partial charge in [0.1, 0.15) is 0 Å². The van der Waals surface area contributed by atoms with Crippen molar-refractivity contribution < 1.29 is 4.79 Å². The predicted octanol–water partition coefficient (Wildman–Crippen LogP) is 3.39. The zero-order chi connectivity index (χ0) is 14.8. The molecule has 0 unspecified atom stereocenters. The van der Waals surface area contributed by atoms with Crippen molar-refractivity contribution in [1.29, 1.82) is 0 Å². The largest absolute Gasteiger partial charge is 0.322 e. The van der Waals surface area contributed by atoms with Crippen LogP contribution in [0.5, 0.6) is 0 Å². The second-order valence-electron chi connectivity index (χ2n) is 5.00. The maximum atomic E-state index is 12.4. The quantitative estimate of drug-likeness (QED) is 0.799. The first-order chi connectivity index (χ1) is 10.2. The predicted molar refractivity (Wildman–Crippen MR) is 84.5 cm³/mol. The number of amides is 1. The number of nitrogens with zero attached hydrogens (tertiary/aromatic N) is 2. The van der Waals surface area contributed by atoms with Crippen molar-refractivity contribution in [2.45, 2.75) is 13.3 Å². The molecule has 0 aliphatic carbocycles. The van der Waals surface area contributed by atoms with Crippen LogP contribution in [0.2, 0.25) is 0 Å². The molecule has 0 spiro atoms. The Hall–Kier alpha value is -2.62. The third-order valence-electron chi connectivity index (χ3n) is 3.65. The molecule has 0 fully saturated rings. The van der Waals surface area contributed by atoms with E-state index >= 15 is 0 Å². The summed E-state index contributed by atoms with van der Waals surface area (Å²) in [5, 5.41) is 9.37. The maximum Gasteiger partial charge on any atom is 0.259 e. The summed E-state index contributed by atoms with van der Waals surface area (Å²) < 4.78 is 1.75. The van der Waals surface area contributed by atoms with E-state index in [9.17, 15) is 4.79 Å². The third-order valence-corrected chi connectivity index (χ3v) is 3.65. The number of benzene rings is 2. The van der Waals surface area contributed by atoms with Gasteiger partial charge in [0.2, 0.25) is 0 Å². The molecule has 0 saturated heterocycles. The van der Waals surface area contributed by atoms with E-state index in [1.165, 1.54) is 0 Å². The lowest BCUT2D eigenvalue weighted by molar-refractivity contribution is 0.102. The summed E-state index contributed by atoms with van der Waals surface area (Å²) in [6.45, 7) is 2.02. The molecular formula is C17H17N3O. The number of aryl methyl sites for hydroxylation is 1. The molecule has 1 amide bonds. The van der Waals surface area contributed by atoms with E-state index in [1.54, 1.807) is 10.9 Å². The van der Waals surface area contributed by atoms with Crippen LogP contribution in [0, 0.1) is 0 Å². The summed E-state index contributed by atoms with van der Waals surface area (Å²) in [7, 11) is 1.85. The van der Waals surface area contributed by atoms with Crippen molar-refractivity contribution in [2.75, 3.05) is 5.32 Å². The first-order valence-corrected chi connectivity index (χ1v) is 7.00. The molecule has 106 valence electrons. The van der Waals surface area contributed by atoms with E-state index in [0.717, 1.165) is 28.6 Å². The number of hydrogen-bond donors (Lipinski definition) is 1. The van der Waals surface area contributed by atoms with E-state index in [-0.39, 0.29) is 5.91 Å². The van der Waals surface area contributed by atoms with E-state index < -0.39 is 0 Å². The lowest BCUT2D eigenvalue weighted by Gasteiger charge is -2.07. The van der Waals surface area contributed by atoms with Crippen molar-refractivity contribution in [1.82, 2.24) is 9.78 Å². The average Bonchev–Trinajstić information content (AvgIpc) is 2.88. The van der Waals surface area contributed by atoms with Gasteiger partial charge in [0.15, 0.2) is 0 Å². The maximum absolute atomic E-state index is 12.4. The number of carbonyl (C=O) groups excluding carboxylic acids is 1. The Labute approximate surface area is 123 Å². The average molecular weight is 279 g/mol. The monoisotopic (exact) mass is 279 g/mol. The Kier molecular flexibility index (Phi) is 3.44. The van der Waals surface area contributed by atoms with Gasteiger partial charge in [-0.05, 0) is 29.3 Å². The van der Waals surface area contributed by atoms with Gasteiger partial charge in [0.25, 0.3) is 5.91 Å². The molecule has 3 rings (SSSR count). The van der Waals surface area contributed by atoms with Crippen LogP contribution >= 0.6 is 0 Å². The molecule has 21 heavy (non-hydrogen) atoms. The molecule has 0 aliphatic heterocycles. The Morgan fingerprint density at radius 2 is 1.95 bits per heavy atom. The summed E-state index contributed by atoms with van der Waals surface area (Å²) in [4.78, 5) is 12.4. The van der Waals surface area contributed by atoms with Crippen molar-refractivity contribution in [2.24, 2.45) is 7.05 Å². The SMILES string of the molecule is CCc1c(C(=O)Nc2ccc3ccccc3c2)cnn1C. The highest BCUT2D eigenvalue weighted by Crippen LogP contribution is 2.20. The van der Waals surface area contributed by atoms with Gasteiger partial charge >= 0.3 is 0 Å². The van der Waals surface area contributed by atoms with Crippen LogP contribution in [-0.4, -0.2) is 15.7 Å². The molecule has 4 nitrogen and oxygen atoms in total. The molecule has 2 aromatic carbocycles. The van der Waals surface area contributed by atoms with Crippen LogP contribution in [0.4, 0.5) is 5.69 Å². The molecule has 0 atom stereocenters. The Balaban J connectivity index is 1.89. The molecule has 0 radical (unpaired) electrons. The number of anilines is 1. The fourth-order valence-electron chi connectivity index (χ4n) is 2.54. The van der Waals surface area contributed by atoms with Crippen LogP contribution in [0.15, 0.2) is 48.7 Å². The first kappa shape index (κ1) is 13.4. The van der Waals surface area contributed by atoms with Gasteiger partial charge < -0.3 is 5.32 Å². The fraction of sp³-hybridized carbons (Fsp3) is 0.176. The first-order valence-electron chi connectivity index (χ1n) is 7.00. The molecule has 0 saturated carbocycles. The molecule has 1 heterocycles. The normalized spacial score (nSPS) is 10.8. The smallest absolute Gasteiger partial charge is 0.259 e. The Morgan fingerprint density at radius 3 is 2.71 bits per heavy atom. The standard InChI is InChI=1S/C17H17N3O/c1-3-16-15(11-18-20(16)2)17(21)19-14-9-8-12-6-4-5-7-13(12)10-14/h4-11H,3H2,1-2H3,(H,19,21). The highest BCUT2D eigenvalue weighted by Gasteiger charge is 2.14.